The molecule has 0 bridgehead atoms. The highest BCUT2D eigenvalue weighted by Gasteiger charge is 2.78. The summed E-state index contributed by atoms with van der Waals surface area (Å²) in [6.45, 7) is 9.23. The van der Waals surface area contributed by atoms with Crippen LogP contribution in [-0.4, -0.2) is 24.8 Å². The van der Waals surface area contributed by atoms with E-state index >= 15 is 0 Å². The third-order valence-electron chi connectivity index (χ3n) is 7.57. The molecule has 0 amide bonds. The van der Waals surface area contributed by atoms with Crippen LogP contribution in [0.4, 0.5) is 0 Å². The van der Waals surface area contributed by atoms with E-state index in [-0.39, 0.29) is 23.1 Å². The molecular formula is C19H32O3. The van der Waals surface area contributed by atoms with Crippen molar-refractivity contribution in [3.63, 3.8) is 0 Å². The van der Waals surface area contributed by atoms with Crippen LogP contribution in [0, 0.1) is 29.1 Å². The summed E-state index contributed by atoms with van der Waals surface area (Å²) < 4.78 is 11.7. The molecule has 1 saturated heterocycles. The Labute approximate surface area is 135 Å². The number of hydrogen-bond acceptors (Lipinski definition) is 3. The molecule has 2 saturated carbocycles. The van der Waals surface area contributed by atoms with E-state index in [1.807, 2.05) is 0 Å². The quantitative estimate of drug-likeness (QED) is 0.690. The van der Waals surface area contributed by atoms with Gasteiger partial charge in [0.2, 0.25) is 0 Å². The molecule has 126 valence electrons. The molecule has 3 nitrogen and oxygen atoms in total. The van der Waals surface area contributed by atoms with Gasteiger partial charge in [-0.1, -0.05) is 40.5 Å². The van der Waals surface area contributed by atoms with E-state index in [4.69, 9.17) is 9.47 Å². The number of hydrogen-bond donors (Lipinski definition) is 0. The van der Waals surface area contributed by atoms with Crippen molar-refractivity contribution >= 4 is 5.97 Å². The van der Waals surface area contributed by atoms with Crippen molar-refractivity contribution in [1.29, 1.82) is 0 Å². The highest BCUT2D eigenvalue weighted by Crippen LogP contribution is 2.78. The standard InChI is InChI=1S/C19H32O3/c1-6-12-11-18(8-3)17-16(12)13(7-2)19(17,9-4)14(22-18)10-15(20)21-5/h12-14,16-17H,6-11H2,1-5H3/t12-,13+,14-,16-,17+,18-,19-/m1/s1. The monoisotopic (exact) mass is 308 g/mol. The summed E-state index contributed by atoms with van der Waals surface area (Å²) in [5.41, 5.74) is 0.249. The minimum Gasteiger partial charge on any atom is -0.469 e. The number of esters is 1. The normalized spacial score (nSPS) is 48.9. The van der Waals surface area contributed by atoms with Gasteiger partial charge in [0, 0.05) is 5.41 Å². The van der Waals surface area contributed by atoms with Crippen molar-refractivity contribution in [2.75, 3.05) is 7.11 Å². The molecular weight excluding hydrogens is 276 g/mol. The molecule has 1 aliphatic heterocycles. The molecule has 0 radical (unpaired) electrons. The van der Waals surface area contributed by atoms with Crippen LogP contribution in [0.2, 0.25) is 0 Å². The van der Waals surface area contributed by atoms with Gasteiger partial charge in [-0.05, 0) is 42.9 Å². The second-order valence-electron chi connectivity index (χ2n) is 7.71. The fraction of sp³-hybridized carbons (Fsp3) is 0.947. The molecule has 0 N–H and O–H groups in total. The van der Waals surface area contributed by atoms with Crippen LogP contribution in [0.3, 0.4) is 0 Å². The molecule has 3 rings (SSSR count). The third-order valence-corrected chi connectivity index (χ3v) is 7.57. The van der Waals surface area contributed by atoms with Gasteiger partial charge in [0.05, 0.1) is 25.2 Å². The van der Waals surface area contributed by atoms with Crippen LogP contribution in [-0.2, 0) is 14.3 Å². The number of methoxy groups -OCH3 is 1. The van der Waals surface area contributed by atoms with Gasteiger partial charge in [-0.2, -0.15) is 0 Å². The van der Waals surface area contributed by atoms with Crippen LogP contribution in [0.5, 0.6) is 0 Å². The van der Waals surface area contributed by atoms with Crippen molar-refractivity contribution < 1.29 is 14.3 Å². The second-order valence-corrected chi connectivity index (χ2v) is 7.71. The Hall–Kier alpha value is -0.570. The van der Waals surface area contributed by atoms with Crippen molar-refractivity contribution in [2.45, 2.75) is 77.9 Å². The van der Waals surface area contributed by atoms with Gasteiger partial charge >= 0.3 is 5.97 Å². The van der Waals surface area contributed by atoms with Gasteiger partial charge in [0.1, 0.15) is 0 Å². The molecule has 22 heavy (non-hydrogen) atoms. The second kappa shape index (κ2) is 5.51. The number of ether oxygens (including phenoxy) is 2. The summed E-state index contributed by atoms with van der Waals surface area (Å²) in [5, 5.41) is 0. The van der Waals surface area contributed by atoms with E-state index < -0.39 is 0 Å². The summed E-state index contributed by atoms with van der Waals surface area (Å²) in [7, 11) is 1.49. The molecule has 0 spiro atoms. The maximum Gasteiger partial charge on any atom is 0.308 e. The Bertz CT molecular complexity index is 448. The highest BCUT2D eigenvalue weighted by molar-refractivity contribution is 5.70. The Balaban J connectivity index is 1.98. The van der Waals surface area contributed by atoms with Crippen molar-refractivity contribution in [1.82, 2.24) is 0 Å². The van der Waals surface area contributed by atoms with Gasteiger partial charge in [0.25, 0.3) is 0 Å². The molecule has 7 atom stereocenters. The van der Waals surface area contributed by atoms with Crippen molar-refractivity contribution in [2.24, 2.45) is 29.1 Å². The summed E-state index contributed by atoms with van der Waals surface area (Å²) >= 11 is 0. The summed E-state index contributed by atoms with van der Waals surface area (Å²) in [5.74, 6) is 2.90. The van der Waals surface area contributed by atoms with E-state index in [1.165, 1.54) is 26.4 Å². The zero-order valence-electron chi connectivity index (χ0n) is 14.9. The molecule has 0 aromatic carbocycles. The van der Waals surface area contributed by atoms with Crippen LogP contribution < -0.4 is 0 Å². The van der Waals surface area contributed by atoms with E-state index in [0.29, 0.717) is 12.3 Å². The largest absolute Gasteiger partial charge is 0.469 e. The van der Waals surface area contributed by atoms with E-state index in [9.17, 15) is 4.79 Å². The van der Waals surface area contributed by atoms with Crippen LogP contribution in [0.25, 0.3) is 0 Å². The number of carbonyl (C=O) groups is 1. The molecule has 0 aromatic rings. The highest BCUT2D eigenvalue weighted by atomic mass is 16.5. The minimum absolute atomic E-state index is 0.0334. The molecule has 3 heteroatoms. The van der Waals surface area contributed by atoms with Gasteiger partial charge < -0.3 is 9.47 Å². The van der Waals surface area contributed by atoms with Crippen molar-refractivity contribution in [3.8, 4) is 0 Å². The molecule has 0 aromatic heterocycles. The predicted octanol–water partition coefficient (Wildman–Crippen LogP) is 4.20. The van der Waals surface area contributed by atoms with Crippen molar-refractivity contribution in [3.05, 3.63) is 0 Å². The lowest BCUT2D eigenvalue weighted by Gasteiger charge is -2.60. The molecule has 3 aliphatic rings. The zero-order chi connectivity index (χ0) is 16.1. The fourth-order valence-electron chi connectivity index (χ4n) is 6.85. The van der Waals surface area contributed by atoms with E-state index in [0.717, 1.165) is 30.6 Å². The SMILES string of the molecule is CC[C@@H]1C[C@@]2(CC)O[C@H](CC(=O)OC)[C@@]3(CC)[C@@H](CC)[C@@H]1[C@@H]23. The topological polar surface area (TPSA) is 35.5 Å². The maximum atomic E-state index is 11.9. The van der Waals surface area contributed by atoms with Crippen LogP contribution >= 0.6 is 0 Å². The number of carbonyl (C=O) groups excluding carboxylic acids is 1. The lowest BCUT2D eigenvalue weighted by molar-refractivity contribution is -0.158. The summed E-state index contributed by atoms with van der Waals surface area (Å²) in [6, 6.07) is 0. The Morgan fingerprint density at radius 3 is 2.41 bits per heavy atom. The fourth-order valence-corrected chi connectivity index (χ4v) is 6.85. The number of rotatable bonds is 6. The van der Waals surface area contributed by atoms with E-state index in [1.54, 1.807) is 0 Å². The van der Waals surface area contributed by atoms with Gasteiger partial charge in [-0.15, -0.1) is 0 Å². The van der Waals surface area contributed by atoms with Gasteiger partial charge in [-0.25, -0.2) is 0 Å². The Morgan fingerprint density at radius 1 is 1.18 bits per heavy atom. The van der Waals surface area contributed by atoms with Crippen LogP contribution in [0.15, 0.2) is 0 Å². The lowest BCUT2D eigenvalue weighted by atomic mass is 9.42. The first-order valence-corrected chi connectivity index (χ1v) is 9.29. The Kier molecular flexibility index (Phi) is 4.08. The average Bonchev–Trinajstić information content (AvgIpc) is 2.90. The first kappa shape index (κ1) is 16.3. The summed E-state index contributed by atoms with van der Waals surface area (Å²) in [6.07, 6.45) is 6.39. The molecule has 1 heterocycles. The average molecular weight is 308 g/mol. The van der Waals surface area contributed by atoms with Crippen LogP contribution in [0.1, 0.15) is 66.2 Å². The first-order valence-electron chi connectivity index (χ1n) is 9.29. The first-order chi connectivity index (χ1) is 10.5. The van der Waals surface area contributed by atoms with Gasteiger partial charge in [0.15, 0.2) is 0 Å². The van der Waals surface area contributed by atoms with E-state index in [2.05, 4.69) is 27.7 Å². The maximum absolute atomic E-state index is 11.9. The Morgan fingerprint density at radius 2 is 1.91 bits per heavy atom. The van der Waals surface area contributed by atoms with Gasteiger partial charge in [-0.3, -0.25) is 4.79 Å². The predicted molar refractivity (Wildman–Crippen MR) is 86.4 cm³/mol. The zero-order valence-corrected chi connectivity index (χ0v) is 14.9. The molecule has 0 unspecified atom stereocenters. The molecule has 2 aliphatic carbocycles. The molecule has 3 fully saturated rings. The minimum atomic E-state index is -0.116. The summed E-state index contributed by atoms with van der Waals surface area (Å²) in [4.78, 5) is 11.9. The third kappa shape index (κ3) is 1.75. The lowest BCUT2D eigenvalue weighted by Crippen LogP contribution is -2.60. The smallest absolute Gasteiger partial charge is 0.308 e.